The van der Waals surface area contributed by atoms with E-state index in [9.17, 15) is 5.21 Å². The van der Waals surface area contributed by atoms with Gasteiger partial charge in [0.1, 0.15) is 17.2 Å². The normalized spacial score (nSPS) is 11.5. The highest BCUT2D eigenvalue weighted by molar-refractivity contribution is 5.41. The van der Waals surface area contributed by atoms with Gasteiger partial charge in [-0.3, -0.25) is 0 Å². The molecule has 2 aromatic carbocycles. The van der Waals surface area contributed by atoms with Crippen molar-refractivity contribution in [2.75, 3.05) is 13.2 Å². The van der Waals surface area contributed by atoms with Gasteiger partial charge in [0.15, 0.2) is 0 Å². The maximum Gasteiger partial charge on any atom is 0.245 e. The Balaban J connectivity index is 1.71. The summed E-state index contributed by atoms with van der Waals surface area (Å²) in [4.78, 5) is 0.625. The molecule has 0 saturated carbocycles. The fourth-order valence-electron chi connectivity index (χ4n) is 3.09. The molecule has 5 nitrogen and oxygen atoms in total. The van der Waals surface area contributed by atoms with Crippen molar-refractivity contribution in [2.45, 2.75) is 71.6 Å². The monoisotopic (exact) mass is 412 g/mol. The molecule has 2 rings (SSSR count). The third-order valence-corrected chi connectivity index (χ3v) is 4.84. The smallest absolute Gasteiger partial charge is 0.245 e. The van der Waals surface area contributed by atoms with Gasteiger partial charge in [0.2, 0.25) is 5.69 Å². The summed E-state index contributed by atoms with van der Waals surface area (Å²) < 4.78 is 11.3. The lowest BCUT2D eigenvalue weighted by atomic mass is 10.1. The van der Waals surface area contributed by atoms with Crippen LogP contribution in [0.3, 0.4) is 0 Å². The summed E-state index contributed by atoms with van der Waals surface area (Å²) in [6.07, 6.45) is 11.2. The van der Waals surface area contributed by atoms with E-state index in [0.717, 1.165) is 30.9 Å². The van der Waals surface area contributed by atoms with Crippen LogP contribution in [0.25, 0.3) is 0 Å². The SMILES string of the molecule is CCCCCCCCCCOc1ccc(N=[N+]([O-])c2ccc(OCCC)cc2)cc1. The summed E-state index contributed by atoms with van der Waals surface area (Å²) in [7, 11) is 0. The van der Waals surface area contributed by atoms with Crippen LogP contribution in [0.2, 0.25) is 0 Å². The van der Waals surface area contributed by atoms with E-state index >= 15 is 0 Å². The molecule has 0 fully saturated rings. The van der Waals surface area contributed by atoms with Gasteiger partial charge in [-0.2, -0.15) is 0 Å². The van der Waals surface area contributed by atoms with Crippen molar-refractivity contribution in [3.8, 4) is 11.5 Å². The highest BCUT2D eigenvalue weighted by atomic mass is 16.5. The molecule has 0 spiro atoms. The molecule has 0 aliphatic carbocycles. The van der Waals surface area contributed by atoms with E-state index < -0.39 is 0 Å². The Morgan fingerprint density at radius 2 is 1.20 bits per heavy atom. The Bertz CT molecular complexity index is 727. The van der Waals surface area contributed by atoms with Gasteiger partial charge in [0.25, 0.3) is 0 Å². The standard InChI is InChI=1S/C25H36N2O3/c1-3-5-6-7-8-9-10-11-21-30-24-16-12-22(13-17-24)26-27(28)23-14-18-25(19-15-23)29-20-4-2/h12-19H,3-11,20-21H2,1-2H3. The molecule has 0 unspecified atom stereocenters. The highest BCUT2D eigenvalue weighted by Crippen LogP contribution is 2.23. The van der Waals surface area contributed by atoms with Crippen LogP contribution in [-0.4, -0.2) is 18.1 Å². The Labute approximate surface area is 181 Å². The van der Waals surface area contributed by atoms with E-state index in [1.165, 1.54) is 44.9 Å². The Morgan fingerprint density at radius 1 is 0.667 bits per heavy atom. The summed E-state index contributed by atoms with van der Waals surface area (Å²) in [6.45, 7) is 5.70. The predicted molar refractivity (Wildman–Crippen MR) is 122 cm³/mol. The first-order chi connectivity index (χ1) is 14.7. The lowest BCUT2D eigenvalue weighted by molar-refractivity contribution is -0.435. The first kappa shape index (κ1) is 23.7. The first-order valence-corrected chi connectivity index (χ1v) is 11.4. The molecule has 0 bridgehead atoms. The zero-order valence-electron chi connectivity index (χ0n) is 18.5. The largest absolute Gasteiger partial charge is 0.594 e. The van der Waals surface area contributed by atoms with Gasteiger partial charge in [-0.25, -0.2) is 0 Å². The Morgan fingerprint density at radius 3 is 1.80 bits per heavy atom. The molecule has 0 saturated heterocycles. The quantitative estimate of drug-likeness (QED) is 0.129. The molecule has 0 amide bonds. The number of unbranched alkanes of at least 4 members (excludes halogenated alkanes) is 7. The van der Waals surface area contributed by atoms with Gasteiger partial charge in [-0.1, -0.05) is 63.7 Å². The number of hydrogen-bond acceptors (Lipinski definition) is 4. The number of nitrogens with zero attached hydrogens (tertiary/aromatic N) is 2. The zero-order valence-corrected chi connectivity index (χ0v) is 18.5. The lowest BCUT2D eigenvalue weighted by Gasteiger charge is -2.06. The van der Waals surface area contributed by atoms with Crippen molar-refractivity contribution in [3.05, 3.63) is 53.7 Å². The molecule has 0 aliphatic heterocycles. The van der Waals surface area contributed by atoms with Gasteiger partial charge in [0, 0.05) is 17.2 Å². The van der Waals surface area contributed by atoms with Crippen LogP contribution < -0.4 is 9.47 Å². The van der Waals surface area contributed by atoms with Crippen molar-refractivity contribution in [2.24, 2.45) is 5.11 Å². The van der Waals surface area contributed by atoms with E-state index in [0.29, 0.717) is 22.8 Å². The molecule has 0 aliphatic rings. The van der Waals surface area contributed by atoms with Gasteiger partial charge in [-0.05, 0) is 49.2 Å². The maximum atomic E-state index is 12.3. The second-order valence-electron chi connectivity index (χ2n) is 7.53. The van der Waals surface area contributed by atoms with Crippen LogP contribution in [0.5, 0.6) is 11.5 Å². The summed E-state index contributed by atoms with van der Waals surface area (Å²) >= 11 is 0. The molecule has 0 heterocycles. The minimum absolute atomic E-state index is 0.467. The fourth-order valence-corrected chi connectivity index (χ4v) is 3.09. The van der Waals surface area contributed by atoms with E-state index in [4.69, 9.17) is 9.47 Å². The molecule has 0 aromatic heterocycles. The van der Waals surface area contributed by atoms with Crippen molar-refractivity contribution < 1.29 is 14.3 Å². The second-order valence-corrected chi connectivity index (χ2v) is 7.53. The molecule has 0 radical (unpaired) electrons. The number of benzene rings is 2. The molecular weight excluding hydrogens is 376 g/mol. The van der Waals surface area contributed by atoms with Crippen LogP contribution in [0.4, 0.5) is 11.4 Å². The molecular formula is C25H36N2O3. The first-order valence-electron chi connectivity index (χ1n) is 11.4. The topological polar surface area (TPSA) is 56.9 Å². The number of azo groups is 1. The van der Waals surface area contributed by atoms with Crippen LogP contribution in [-0.2, 0) is 0 Å². The van der Waals surface area contributed by atoms with Crippen LogP contribution in [0.15, 0.2) is 53.6 Å². The predicted octanol–water partition coefficient (Wildman–Crippen LogP) is 7.92. The summed E-state index contributed by atoms with van der Waals surface area (Å²) in [6, 6.07) is 14.3. The van der Waals surface area contributed by atoms with Crippen molar-refractivity contribution in [1.29, 1.82) is 0 Å². The van der Waals surface area contributed by atoms with Crippen LogP contribution in [0.1, 0.15) is 71.6 Å². The molecule has 30 heavy (non-hydrogen) atoms. The Hall–Kier alpha value is -2.56. The summed E-state index contributed by atoms with van der Waals surface area (Å²) in [5, 5.41) is 16.4. The highest BCUT2D eigenvalue weighted by Gasteiger charge is 2.05. The maximum absolute atomic E-state index is 12.3. The molecule has 0 N–H and O–H groups in total. The summed E-state index contributed by atoms with van der Waals surface area (Å²) in [5.41, 5.74) is 1.06. The van der Waals surface area contributed by atoms with Gasteiger partial charge in [-0.15, -0.1) is 0 Å². The van der Waals surface area contributed by atoms with Crippen LogP contribution in [0, 0.1) is 5.21 Å². The fraction of sp³-hybridized carbons (Fsp3) is 0.520. The molecule has 5 heteroatoms. The van der Waals surface area contributed by atoms with Gasteiger partial charge in [0.05, 0.1) is 13.2 Å². The number of rotatable bonds is 15. The number of ether oxygens (including phenoxy) is 2. The van der Waals surface area contributed by atoms with E-state index in [2.05, 4.69) is 19.0 Å². The minimum atomic E-state index is 0.467. The minimum Gasteiger partial charge on any atom is -0.594 e. The van der Waals surface area contributed by atoms with Gasteiger partial charge < -0.3 is 14.7 Å². The average Bonchev–Trinajstić information content (AvgIpc) is 2.78. The molecule has 0 atom stereocenters. The van der Waals surface area contributed by atoms with Crippen LogP contribution >= 0.6 is 0 Å². The van der Waals surface area contributed by atoms with E-state index in [1.807, 2.05) is 12.1 Å². The zero-order chi connectivity index (χ0) is 21.4. The molecule has 164 valence electrons. The third kappa shape index (κ3) is 9.29. The van der Waals surface area contributed by atoms with Crippen molar-refractivity contribution in [3.63, 3.8) is 0 Å². The lowest BCUT2D eigenvalue weighted by Crippen LogP contribution is -1.97. The Kier molecular flexibility index (Phi) is 11.4. The second kappa shape index (κ2) is 14.4. The molecule has 2 aromatic rings. The van der Waals surface area contributed by atoms with E-state index in [1.54, 1.807) is 36.4 Å². The van der Waals surface area contributed by atoms with Crippen molar-refractivity contribution in [1.82, 2.24) is 0 Å². The van der Waals surface area contributed by atoms with Gasteiger partial charge >= 0.3 is 0 Å². The van der Waals surface area contributed by atoms with Crippen molar-refractivity contribution >= 4 is 11.4 Å². The van der Waals surface area contributed by atoms with E-state index in [-0.39, 0.29) is 0 Å². The number of hydrogen-bond donors (Lipinski definition) is 0. The summed E-state index contributed by atoms with van der Waals surface area (Å²) in [5.74, 6) is 1.57. The third-order valence-electron chi connectivity index (χ3n) is 4.84. The average molecular weight is 413 g/mol.